The van der Waals surface area contributed by atoms with Crippen molar-refractivity contribution in [3.8, 4) is 0 Å². The van der Waals surface area contributed by atoms with E-state index in [0.717, 1.165) is 5.56 Å². The molecule has 0 spiro atoms. The number of hydrogen-bond donors (Lipinski definition) is 1. The molecule has 1 unspecified atom stereocenters. The van der Waals surface area contributed by atoms with Crippen molar-refractivity contribution in [1.29, 1.82) is 0 Å². The molecule has 4 nitrogen and oxygen atoms in total. The van der Waals surface area contributed by atoms with Gasteiger partial charge in [0.15, 0.2) is 5.43 Å². The fourth-order valence-electron chi connectivity index (χ4n) is 1.91. The van der Waals surface area contributed by atoms with Gasteiger partial charge in [-0.3, -0.25) is 9.59 Å². The summed E-state index contributed by atoms with van der Waals surface area (Å²) in [4.78, 5) is 28.1. The van der Waals surface area contributed by atoms with E-state index in [1.807, 2.05) is 6.92 Å². The molecule has 5 heteroatoms. The lowest BCUT2D eigenvalue weighted by Crippen LogP contribution is -2.33. The number of pyridine rings is 1. The summed E-state index contributed by atoms with van der Waals surface area (Å²) < 4.78 is 12.9. The van der Waals surface area contributed by atoms with Gasteiger partial charge in [0.2, 0.25) is 0 Å². The highest BCUT2D eigenvalue weighted by Crippen LogP contribution is 2.20. The number of nitrogens with one attached hydrogen (secondary N) is 1. The number of hydrogen-bond acceptors (Lipinski definition) is 2. The number of aromatic nitrogens is 1. The third kappa shape index (κ3) is 2.77. The SMILES string of the molecule is CC(c1ccc(F)cc1)N(C)C(=O)c1c[nH]ccc1=O. The van der Waals surface area contributed by atoms with Crippen molar-refractivity contribution in [2.24, 2.45) is 0 Å². The highest BCUT2D eigenvalue weighted by Gasteiger charge is 2.20. The molecule has 1 aromatic heterocycles. The van der Waals surface area contributed by atoms with Gasteiger partial charge >= 0.3 is 0 Å². The summed E-state index contributed by atoms with van der Waals surface area (Å²) in [5.74, 6) is -0.696. The van der Waals surface area contributed by atoms with Gasteiger partial charge in [0.25, 0.3) is 5.91 Å². The van der Waals surface area contributed by atoms with Crippen LogP contribution in [-0.4, -0.2) is 22.8 Å². The van der Waals surface area contributed by atoms with Crippen LogP contribution in [0.2, 0.25) is 0 Å². The Kier molecular flexibility index (Phi) is 3.98. The molecule has 0 aliphatic carbocycles. The number of halogens is 1. The molecule has 0 bridgehead atoms. The average Bonchev–Trinajstić information content (AvgIpc) is 2.46. The van der Waals surface area contributed by atoms with E-state index >= 15 is 0 Å². The van der Waals surface area contributed by atoms with E-state index in [4.69, 9.17) is 0 Å². The van der Waals surface area contributed by atoms with Crippen molar-refractivity contribution in [2.75, 3.05) is 7.05 Å². The molecular formula is C15H15FN2O2. The van der Waals surface area contributed by atoms with E-state index < -0.39 is 0 Å². The number of carbonyl (C=O) groups excluding carboxylic acids is 1. The summed E-state index contributed by atoms with van der Waals surface area (Å²) in [6.07, 6.45) is 2.86. The Labute approximate surface area is 115 Å². The third-order valence-electron chi connectivity index (χ3n) is 3.31. The van der Waals surface area contributed by atoms with E-state index in [1.54, 1.807) is 19.2 Å². The molecule has 2 aromatic rings. The maximum Gasteiger partial charge on any atom is 0.259 e. The zero-order chi connectivity index (χ0) is 14.7. The first-order valence-electron chi connectivity index (χ1n) is 6.20. The Morgan fingerprint density at radius 2 is 1.90 bits per heavy atom. The van der Waals surface area contributed by atoms with Gasteiger partial charge in [-0.2, -0.15) is 0 Å². The highest BCUT2D eigenvalue weighted by atomic mass is 19.1. The maximum absolute atomic E-state index is 12.9. The Morgan fingerprint density at radius 1 is 1.25 bits per heavy atom. The minimum absolute atomic E-state index is 0.0870. The summed E-state index contributed by atoms with van der Waals surface area (Å²) in [6.45, 7) is 1.82. The maximum atomic E-state index is 12.9. The van der Waals surface area contributed by atoms with E-state index in [0.29, 0.717) is 0 Å². The van der Waals surface area contributed by atoms with Gasteiger partial charge < -0.3 is 9.88 Å². The van der Waals surface area contributed by atoms with Gasteiger partial charge in [-0.25, -0.2) is 4.39 Å². The van der Waals surface area contributed by atoms with Crippen LogP contribution in [0.25, 0.3) is 0 Å². The fraction of sp³-hybridized carbons (Fsp3) is 0.200. The van der Waals surface area contributed by atoms with Crippen molar-refractivity contribution < 1.29 is 9.18 Å². The lowest BCUT2D eigenvalue weighted by molar-refractivity contribution is 0.0741. The zero-order valence-electron chi connectivity index (χ0n) is 11.3. The predicted octanol–water partition coefficient (Wildman–Crippen LogP) is 2.35. The van der Waals surface area contributed by atoms with Crippen LogP contribution in [0, 0.1) is 5.82 Å². The van der Waals surface area contributed by atoms with Crippen molar-refractivity contribution in [3.63, 3.8) is 0 Å². The molecule has 0 aliphatic rings. The van der Waals surface area contributed by atoms with Crippen molar-refractivity contribution in [1.82, 2.24) is 9.88 Å². The Morgan fingerprint density at radius 3 is 2.50 bits per heavy atom. The fourth-order valence-corrected chi connectivity index (χ4v) is 1.91. The predicted molar refractivity (Wildman–Crippen MR) is 74.0 cm³/mol. The van der Waals surface area contributed by atoms with E-state index in [1.165, 1.54) is 35.5 Å². The lowest BCUT2D eigenvalue weighted by Gasteiger charge is -2.25. The summed E-state index contributed by atoms with van der Waals surface area (Å²) in [5.41, 5.74) is 0.561. The molecule has 0 fully saturated rings. The van der Waals surface area contributed by atoms with Crippen LogP contribution < -0.4 is 5.43 Å². The van der Waals surface area contributed by atoms with Crippen LogP contribution in [0.5, 0.6) is 0 Å². The molecular weight excluding hydrogens is 259 g/mol. The first kappa shape index (κ1) is 14.0. The number of H-pyrrole nitrogens is 1. The molecule has 1 aromatic carbocycles. The second kappa shape index (κ2) is 5.69. The van der Waals surface area contributed by atoms with Crippen LogP contribution >= 0.6 is 0 Å². The van der Waals surface area contributed by atoms with Gasteiger partial charge in [0.05, 0.1) is 6.04 Å². The smallest absolute Gasteiger partial charge is 0.259 e. The number of aromatic amines is 1. The summed E-state index contributed by atoms with van der Waals surface area (Å²) in [7, 11) is 1.61. The van der Waals surface area contributed by atoms with E-state index in [9.17, 15) is 14.0 Å². The monoisotopic (exact) mass is 274 g/mol. The molecule has 1 heterocycles. The summed E-state index contributed by atoms with van der Waals surface area (Å²) in [6, 6.07) is 6.99. The largest absolute Gasteiger partial charge is 0.367 e. The molecule has 104 valence electrons. The van der Waals surface area contributed by atoms with Crippen LogP contribution in [0.15, 0.2) is 47.5 Å². The van der Waals surface area contributed by atoms with Gasteiger partial charge in [0.1, 0.15) is 11.4 Å². The molecule has 0 radical (unpaired) electrons. The Hall–Kier alpha value is -2.43. The van der Waals surface area contributed by atoms with Gasteiger partial charge in [0, 0.05) is 25.5 Å². The first-order valence-corrected chi connectivity index (χ1v) is 6.20. The third-order valence-corrected chi connectivity index (χ3v) is 3.31. The molecule has 1 N–H and O–H groups in total. The second-order valence-electron chi connectivity index (χ2n) is 4.57. The van der Waals surface area contributed by atoms with E-state index in [2.05, 4.69) is 4.98 Å². The molecule has 0 saturated heterocycles. The molecule has 1 amide bonds. The van der Waals surface area contributed by atoms with Crippen LogP contribution in [0.4, 0.5) is 4.39 Å². The second-order valence-corrected chi connectivity index (χ2v) is 4.57. The van der Waals surface area contributed by atoms with E-state index in [-0.39, 0.29) is 28.8 Å². The van der Waals surface area contributed by atoms with Crippen molar-refractivity contribution in [3.05, 3.63) is 69.9 Å². The highest BCUT2D eigenvalue weighted by molar-refractivity contribution is 5.93. The standard InChI is InChI=1S/C15H15FN2O2/c1-10(11-3-5-12(16)6-4-11)18(2)15(20)13-9-17-8-7-14(13)19/h3-10H,1-2H3,(H,17,19). The van der Waals surface area contributed by atoms with Crippen molar-refractivity contribution >= 4 is 5.91 Å². The van der Waals surface area contributed by atoms with Gasteiger partial charge in [-0.15, -0.1) is 0 Å². The van der Waals surface area contributed by atoms with Gasteiger partial charge in [-0.1, -0.05) is 12.1 Å². The van der Waals surface area contributed by atoms with Crippen LogP contribution in [0.1, 0.15) is 28.9 Å². The normalized spacial score (nSPS) is 11.9. The minimum atomic E-state index is -0.372. The van der Waals surface area contributed by atoms with Crippen LogP contribution in [-0.2, 0) is 0 Å². The number of benzene rings is 1. The van der Waals surface area contributed by atoms with Gasteiger partial charge in [-0.05, 0) is 24.6 Å². The summed E-state index contributed by atoms with van der Waals surface area (Å²) in [5, 5.41) is 0. The zero-order valence-corrected chi connectivity index (χ0v) is 11.3. The topological polar surface area (TPSA) is 53.2 Å². The number of amides is 1. The van der Waals surface area contributed by atoms with Crippen LogP contribution in [0.3, 0.4) is 0 Å². The quantitative estimate of drug-likeness (QED) is 0.934. The Balaban J connectivity index is 2.25. The molecule has 0 aliphatic heterocycles. The summed E-state index contributed by atoms with van der Waals surface area (Å²) >= 11 is 0. The molecule has 20 heavy (non-hydrogen) atoms. The van der Waals surface area contributed by atoms with Crippen molar-refractivity contribution in [2.45, 2.75) is 13.0 Å². The number of rotatable bonds is 3. The molecule has 0 saturated carbocycles. The average molecular weight is 274 g/mol. The lowest BCUT2D eigenvalue weighted by atomic mass is 10.1. The Bertz CT molecular complexity index is 664. The minimum Gasteiger partial charge on any atom is -0.367 e. The molecule has 2 rings (SSSR count). The molecule has 1 atom stereocenters. The first-order chi connectivity index (χ1) is 9.50. The number of nitrogens with zero attached hydrogens (tertiary/aromatic N) is 1. The number of carbonyl (C=O) groups is 1.